The highest BCUT2D eigenvalue weighted by Crippen LogP contribution is 2.45. The number of aliphatic hydroxyl groups excluding tert-OH is 1. The molecule has 3 heterocycles. The molecule has 38 heavy (non-hydrogen) atoms. The lowest BCUT2D eigenvalue weighted by atomic mass is 9.85. The van der Waals surface area contributed by atoms with Crippen LogP contribution in [0.1, 0.15) is 34.0 Å². The molecule has 1 unspecified atom stereocenters. The van der Waals surface area contributed by atoms with Crippen LogP contribution in [0.25, 0.3) is 10.9 Å². The van der Waals surface area contributed by atoms with Gasteiger partial charge in [0.05, 0.1) is 19.7 Å². The normalized spacial score (nSPS) is 16.3. The molecule has 2 aliphatic rings. The van der Waals surface area contributed by atoms with Crippen LogP contribution in [0.5, 0.6) is 23.0 Å². The van der Waals surface area contributed by atoms with Crippen LogP contribution < -0.4 is 18.9 Å². The summed E-state index contributed by atoms with van der Waals surface area (Å²) in [5, 5.41) is 11.3. The zero-order chi connectivity index (χ0) is 26.2. The van der Waals surface area contributed by atoms with Crippen LogP contribution >= 0.6 is 0 Å². The third-order valence-electron chi connectivity index (χ3n) is 7.78. The summed E-state index contributed by atoms with van der Waals surface area (Å²) >= 11 is 0. The smallest absolute Gasteiger partial charge is 0.298 e. The first-order chi connectivity index (χ1) is 18.6. The minimum atomic E-state index is -0.0470. The number of aromatic nitrogens is 1. The summed E-state index contributed by atoms with van der Waals surface area (Å²) in [5.41, 5.74) is 6.96. The fourth-order valence-electron chi connectivity index (χ4n) is 5.88. The number of rotatable bonds is 8. The van der Waals surface area contributed by atoms with Crippen LogP contribution in [0.2, 0.25) is 0 Å². The molecule has 0 fully saturated rings. The van der Waals surface area contributed by atoms with Gasteiger partial charge in [0.15, 0.2) is 11.5 Å². The molecule has 3 aromatic carbocycles. The fourth-order valence-corrected chi connectivity index (χ4v) is 5.88. The monoisotopic (exact) mass is 514 g/mol. The lowest BCUT2D eigenvalue weighted by Gasteiger charge is -2.41. The maximum Gasteiger partial charge on any atom is 0.298 e. The molecule has 6 rings (SSSR count). The first kappa shape index (κ1) is 24.3. The summed E-state index contributed by atoms with van der Waals surface area (Å²) in [6, 6.07) is 17.7. The summed E-state index contributed by atoms with van der Waals surface area (Å²) < 4.78 is 24.3. The van der Waals surface area contributed by atoms with Crippen molar-refractivity contribution in [1.29, 1.82) is 0 Å². The summed E-state index contributed by atoms with van der Waals surface area (Å²) in [6.07, 6.45) is 1.75. The molecule has 8 heteroatoms. The lowest BCUT2D eigenvalue weighted by Crippen LogP contribution is -2.39. The molecule has 8 nitrogen and oxygen atoms in total. The van der Waals surface area contributed by atoms with Crippen molar-refractivity contribution in [2.45, 2.75) is 38.8 Å². The van der Waals surface area contributed by atoms with E-state index in [1.165, 1.54) is 22.4 Å². The molecule has 0 saturated carbocycles. The Morgan fingerprint density at radius 2 is 1.82 bits per heavy atom. The Hall–Kier alpha value is -4.01. The van der Waals surface area contributed by atoms with Gasteiger partial charge in [0.25, 0.3) is 6.47 Å². The quantitative estimate of drug-likeness (QED) is 0.350. The van der Waals surface area contributed by atoms with Crippen molar-refractivity contribution >= 4 is 17.4 Å². The summed E-state index contributed by atoms with van der Waals surface area (Å²) in [7, 11) is 3.35. The van der Waals surface area contributed by atoms with E-state index in [0.29, 0.717) is 30.3 Å². The maximum absolute atomic E-state index is 10.5. The zero-order valence-corrected chi connectivity index (χ0v) is 21.5. The van der Waals surface area contributed by atoms with Crippen LogP contribution in [-0.4, -0.2) is 41.8 Å². The Morgan fingerprint density at radius 1 is 1.00 bits per heavy atom. The van der Waals surface area contributed by atoms with Crippen molar-refractivity contribution in [3.8, 4) is 23.0 Å². The highest BCUT2D eigenvalue weighted by Gasteiger charge is 2.36. The largest absolute Gasteiger partial charge is 0.497 e. The fraction of sp³-hybridized carbons (Fsp3) is 0.300. The van der Waals surface area contributed by atoms with Gasteiger partial charge in [-0.2, -0.15) is 0 Å². The predicted molar refractivity (Wildman–Crippen MR) is 142 cm³/mol. The number of hydrogen-bond donors (Lipinski definition) is 1. The Labute approximate surface area is 220 Å². The van der Waals surface area contributed by atoms with Gasteiger partial charge in [0.1, 0.15) is 24.8 Å². The average Bonchev–Trinajstić information content (AvgIpc) is 3.26. The molecule has 1 N–H and O–H groups in total. The topological polar surface area (TPSA) is 82.4 Å². The number of benzene rings is 3. The Balaban J connectivity index is 1.30. The average molecular weight is 515 g/mol. The summed E-state index contributed by atoms with van der Waals surface area (Å²) in [6.45, 7) is 2.45. The standard InChI is InChI=1S/C30H30N2O6/c1-35-22-7-8-26-24(12-22)25-13-27-23-14-29(36-2)30(37-16-19-3-5-21(6-4-19)38-18-34)11-20(23)9-10-31(27)15-28(25)32(26)17-33/h3-8,11-12,14,18,27,33H,9-10,13,15-17H2,1-2H3. The minimum Gasteiger partial charge on any atom is -0.497 e. The first-order valence-corrected chi connectivity index (χ1v) is 12.7. The number of carbonyl (C=O) groups excluding carboxylic acids is 1. The van der Waals surface area contributed by atoms with Gasteiger partial charge in [-0.15, -0.1) is 0 Å². The second-order valence-corrected chi connectivity index (χ2v) is 9.67. The second-order valence-electron chi connectivity index (χ2n) is 9.67. The van der Waals surface area contributed by atoms with E-state index in [0.717, 1.165) is 48.1 Å². The van der Waals surface area contributed by atoms with E-state index in [2.05, 4.69) is 23.1 Å². The van der Waals surface area contributed by atoms with E-state index in [1.54, 1.807) is 26.4 Å². The van der Waals surface area contributed by atoms with E-state index in [4.69, 9.17) is 18.9 Å². The first-order valence-electron chi connectivity index (χ1n) is 12.7. The number of carbonyl (C=O) groups is 1. The molecule has 1 aromatic heterocycles. The second kappa shape index (κ2) is 10.0. The number of ether oxygens (including phenoxy) is 4. The van der Waals surface area contributed by atoms with Gasteiger partial charge < -0.3 is 28.6 Å². The lowest BCUT2D eigenvalue weighted by molar-refractivity contribution is -0.120. The van der Waals surface area contributed by atoms with E-state index in [1.807, 2.05) is 28.8 Å². The van der Waals surface area contributed by atoms with Crippen molar-refractivity contribution in [3.63, 3.8) is 0 Å². The zero-order valence-electron chi connectivity index (χ0n) is 21.5. The summed E-state index contributed by atoms with van der Waals surface area (Å²) in [5.74, 6) is 2.73. The minimum absolute atomic E-state index is 0.0470. The Bertz CT molecular complexity index is 1490. The molecular weight excluding hydrogens is 484 g/mol. The summed E-state index contributed by atoms with van der Waals surface area (Å²) in [4.78, 5) is 13.0. The molecular formula is C30H30N2O6. The Kier molecular flexibility index (Phi) is 6.43. The number of aliphatic hydroxyl groups is 1. The third-order valence-corrected chi connectivity index (χ3v) is 7.78. The van der Waals surface area contributed by atoms with Crippen LogP contribution in [0.4, 0.5) is 0 Å². The van der Waals surface area contributed by atoms with Gasteiger partial charge >= 0.3 is 0 Å². The third kappa shape index (κ3) is 4.15. The van der Waals surface area contributed by atoms with Gasteiger partial charge in [0.2, 0.25) is 0 Å². The molecule has 196 valence electrons. The van der Waals surface area contributed by atoms with Crippen molar-refractivity contribution < 1.29 is 28.8 Å². The molecule has 4 aromatic rings. The molecule has 1 atom stereocenters. The maximum atomic E-state index is 10.5. The van der Waals surface area contributed by atoms with Crippen LogP contribution in [-0.2, 0) is 37.5 Å². The van der Waals surface area contributed by atoms with E-state index in [-0.39, 0.29) is 12.8 Å². The van der Waals surface area contributed by atoms with Gasteiger partial charge in [-0.25, -0.2) is 0 Å². The molecule has 0 saturated heterocycles. The number of fused-ring (bicyclic) bond motifs is 6. The van der Waals surface area contributed by atoms with Crippen LogP contribution in [0, 0.1) is 0 Å². The van der Waals surface area contributed by atoms with Gasteiger partial charge in [-0.05, 0) is 77.6 Å². The van der Waals surface area contributed by atoms with Gasteiger partial charge in [-0.1, -0.05) is 12.1 Å². The van der Waals surface area contributed by atoms with Crippen LogP contribution in [0.3, 0.4) is 0 Å². The Morgan fingerprint density at radius 3 is 2.55 bits per heavy atom. The van der Waals surface area contributed by atoms with Crippen molar-refractivity contribution in [2.24, 2.45) is 0 Å². The molecule has 0 amide bonds. The molecule has 0 bridgehead atoms. The molecule has 0 spiro atoms. The van der Waals surface area contributed by atoms with Crippen molar-refractivity contribution in [3.05, 3.63) is 82.5 Å². The highest BCUT2D eigenvalue weighted by molar-refractivity contribution is 5.87. The van der Waals surface area contributed by atoms with E-state index >= 15 is 0 Å². The molecule has 0 aliphatic carbocycles. The molecule has 0 radical (unpaired) electrons. The van der Waals surface area contributed by atoms with Gasteiger partial charge in [0, 0.05) is 30.2 Å². The van der Waals surface area contributed by atoms with E-state index < -0.39 is 0 Å². The van der Waals surface area contributed by atoms with Crippen molar-refractivity contribution in [2.75, 3.05) is 20.8 Å². The van der Waals surface area contributed by atoms with Gasteiger partial charge in [-0.3, -0.25) is 9.69 Å². The number of nitrogens with zero attached hydrogens (tertiary/aromatic N) is 2. The number of hydrogen-bond acceptors (Lipinski definition) is 7. The van der Waals surface area contributed by atoms with Crippen LogP contribution in [0.15, 0.2) is 54.6 Å². The van der Waals surface area contributed by atoms with Crippen molar-refractivity contribution in [1.82, 2.24) is 9.47 Å². The number of methoxy groups -OCH3 is 2. The molecule has 2 aliphatic heterocycles. The predicted octanol–water partition coefficient (Wildman–Crippen LogP) is 4.38. The SMILES string of the molecule is COc1ccc2c(c1)c1c(n2CO)CN2CCc3cc(OCc4ccc(OC=O)cc4)c(OC)cc3C2C1. The van der Waals surface area contributed by atoms with E-state index in [9.17, 15) is 9.90 Å². The highest BCUT2D eigenvalue weighted by atomic mass is 16.5.